The maximum Gasteiger partial charge on any atom is 0.183 e. The normalized spacial score (nSPS) is 10.0. The van der Waals surface area contributed by atoms with E-state index >= 15 is 0 Å². The highest BCUT2D eigenvalue weighted by molar-refractivity contribution is 6.00. The van der Waals surface area contributed by atoms with Crippen LogP contribution in [0.25, 0.3) is 10.9 Å². The summed E-state index contributed by atoms with van der Waals surface area (Å²) in [6, 6.07) is 16.4. The van der Waals surface area contributed by atoms with Crippen LogP contribution in [0.3, 0.4) is 0 Å². The quantitative estimate of drug-likeness (QED) is 0.647. The molecule has 0 spiro atoms. The largest absolute Gasteiger partial charge is 0.508 e. The SMILES string of the molecule is CO.O=C(Cc1ccccc1)c1cc2cc(O)ccc2[nH]1. The minimum Gasteiger partial charge on any atom is -0.508 e. The van der Waals surface area contributed by atoms with E-state index in [1.807, 2.05) is 30.3 Å². The predicted molar refractivity (Wildman–Crippen MR) is 82.6 cm³/mol. The summed E-state index contributed by atoms with van der Waals surface area (Å²) in [4.78, 5) is 15.3. The second-order valence-electron chi connectivity index (χ2n) is 4.54. The number of aromatic amines is 1. The Morgan fingerprint density at radius 2 is 1.76 bits per heavy atom. The lowest BCUT2D eigenvalue weighted by Gasteiger charge is -1.98. The third-order valence-corrected chi connectivity index (χ3v) is 3.11. The van der Waals surface area contributed by atoms with Crippen LogP contribution >= 0.6 is 0 Å². The maximum absolute atomic E-state index is 12.2. The molecule has 0 unspecified atom stereocenters. The van der Waals surface area contributed by atoms with E-state index in [1.54, 1.807) is 24.3 Å². The zero-order chi connectivity index (χ0) is 15.2. The molecule has 0 radical (unpaired) electrons. The second-order valence-corrected chi connectivity index (χ2v) is 4.54. The van der Waals surface area contributed by atoms with Gasteiger partial charge in [-0.2, -0.15) is 0 Å². The first-order valence-electron chi connectivity index (χ1n) is 6.56. The molecule has 1 aromatic heterocycles. The first kappa shape index (κ1) is 14.8. The van der Waals surface area contributed by atoms with E-state index in [1.165, 1.54) is 0 Å². The smallest absolute Gasteiger partial charge is 0.183 e. The summed E-state index contributed by atoms with van der Waals surface area (Å²) < 4.78 is 0. The Bertz CT molecular complexity index is 732. The summed E-state index contributed by atoms with van der Waals surface area (Å²) in [5, 5.41) is 17.3. The zero-order valence-electron chi connectivity index (χ0n) is 11.7. The van der Waals surface area contributed by atoms with Gasteiger partial charge in [0.2, 0.25) is 0 Å². The van der Waals surface area contributed by atoms with E-state index in [-0.39, 0.29) is 11.5 Å². The number of hydrogen-bond acceptors (Lipinski definition) is 3. The van der Waals surface area contributed by atoms with Gasteiger partial charge in [0.25, 0.3) is 0 Å². The first-order valence-corrected chi connectivity index (χ1v) is 6.56. The number of carbonyl (C=O) groups excluding carboxylic acids is 1. The molecule has 0 aliphatic carbocycles. The van der Waals surface area contributed by atoms with Gasteiger partial charge in [-0.25, -0.2) is 0 Å². The number of aliphatic hydroxyl groups excluding tert-OH is 1. The highest BCUT2D eigenvalue weighted by atomic mass is 16.3. The molecule has 3 rings (SSSR count). The lowest BCUT2D eigenvalue weighted by molar-refractivity contribution is 0.0989. The molecule has 0 aliphatic heterocycles. The fourth-order valence-corrected chi connectivity index (χ4v) is 2.15. The van der Waals surface area contributed by atoms with Crippen LogP contribution in [0.4, 0.5) is 0 Å². The highest BCUT2D eigenvalue weighted by Crippen LogP contribution is 2.21. The van der Waals surface area contributed by atoms with Crippen molar-refractivity contribution < 1.29 is 15.0 Å². The molecule has 4 heteroatoms. The molecule has 4 nitrogen and oxygen atoms in total. The van der Waals surface area contributed by atoms with E-state index in [0.29, 0.717) is 12.1 Å². The Morgan fingerprint density at radius 1 is 1.05 bits per heavy atom. The zero-order valence-corrected chi connectivity index (χ0v) is 11.7. The maximum atomic E-state index is 12.2. The molecule has 0 amide bonds. The monoisotopic (exact) mass is 283 g/mol. The van der Waals surface area contributed by atoms with Crippen molar-refractivity contribution in [3.05, 3.63) is 65.9 Å². The molecule has 0 bridgehead atoms. The fraction of sp³-hybridized carbons (Fsp3) is 0.118. The van der Waals surface area contributed by atoms with Crippen molar-refractivity contribution in [2.24, 2.45) is 0 Å². The van der Waals surface area contributed by atoms with Crippen LogP contribution in [-0.4, -0.2) is 28.1 Å². The molecular formula is C17H17NO3. The molecule has 0 atom stereocenters. The topological polar surface area (TPSA) is 73.3 Å². The van der Waals surface area contributed by atoms with Crippen LogP contribution in [0.5, 0.6) is 5.75 Å². The van der Waals surface area contributed by atoms with Gasteiger partial charge < -0.3 is 15.2 Å². The molecule has 1 heterocycles. The van der Waals surface area contributed by atoms with Gasteiger partial charge in [-0.15, -0.1) is 0 Å². The summed E-state index contributed by atoms with van der Waals surface area (Å²) >= 11 is 0. The predicted octanol–water partition coefficient (Wildman–Crippen LogP) is 2.91. The van der Waals surface area contributed by atoms with Crippen molar-refractivity contribution in [2.45, 2.75) is 6.42 Å². The Balaban J connectivity index is 0.000000774. The third-order valence-electron chi connectivity index (χ3n) is 3.11. The van der Waals surface area contributed by atoms with E-state index in [2.05, 4.69) is 4.98 Å². The summed E-state index contributed by atoms with van der Waals surface area (Å²) in [5.74, 6) is 0.246. The molecule has 2 aromatic carbocycles. The first-order chi connectivity index (χ1) is 10.2. The van der Waals surface area contributed by atoms with Crippen LogP contribution in [0.15, 0.2) is 54.6 Å². The van der Waals surface area contributed by atoms with Gasteiger partial charge in [-0.05, 0) is 29.8 Å². The number of Topliss-reactive ketones (excluding diaryl/α,β-unsaturated/α-hetero) is 1. The van der Waals surface area contributed by atoms with E-state index in [4.69, 9.17) is 5.11 Å². The minimum atomic E-state index is 0.0434. The van der Waals surface area contributed by atoms with Crippen LogP contribution in [0.2, 0.25) is 0 Å². The van der Waals surface area contributed by atoms with Crippen molar-refractivity contribution in [1.29, 1.82) is 0 Å². The van der Waals surface area contributed by atoms with E-state index in [9.17, 15) is 9.90 Å². The minimum absolute atomic E-state index is 0.0434. The van der Waals surface area contributed by atoms with Crippen molar-refractivity contribution in [3.63, 3.8) is 0 Å². The number of aromatic nitrogens is 1. The number of carbonyl (C=O) groups is 1. The summed E-state index contributed by atoms with van der Waals surface area (Å²) in [7, 11) is 1.00. The van der Waals surface area contributed by atoms with Gasteiger partial charge in [-0.1, -0.05) is 30.3 Å². The Labute approximate surface area is 122 Å². The number of H-pyrrole nitrogens is 1. The number of phenolic OH excluding ortho intramolecular Hbond substituents is 1. The molecule has 0 fully saturated rings. The highest BCUT2D eigenvalue weighted by Gasteiger charge is 2.10. The lowest BCUT2D eigenvalue weighted by atomic mass is 10.1. The van der Waals surface area contributed by atoms with Gasteiger partial charge in [-0.3, -0.25) is 4.79 Å². The summed E-state index contributed by atoms with van der Waals surface area (Å²) in [5.41, 5.74) is 2.42. The van der Waals surface area contributed by atoms with Gasteiger partial charge in [0, 0.05) is 24.4 Å². The second kappa shape index (κ2) is 6.72. The van der Waals surface area contributed by atoms with Crippen molar-refractivity contribution in [1.82, 2.24) is 4.98 Å². The molecule has 21 heavy (non-hydrogen) atoms. The number of aromatic hydroxyl groups is 1. The van der Waals surface area contributed by atoms with E-state index in [0.717, 1.165) is 23.6 Å². The molecule has 3 N–H and O–H groups in total. The van der Waals surface area contributed by atoms with Crippen molar-refractivity contribution in [3.8, 4) is 5.75 Å². The van der Waals surface area contributed by atoms with Crippen LogP contribution in [-0.2, 0) is 6.42 Å². The van der Waals surface area contributed by atoms with Gasteiger partial charge in [0.05, 0.1) is 5.69 Å². The van der Waals surface area contributed by atoms with Gasteiger partial charge in [0.1, 0.15) is 5.75 Å². The lowest BCUT2D eigenvalue weighted by Crippen LogP contribution is -2.03. The van der Waals surface area contributed by atoms with Crippen molar-refractivity contribution in [2.75, 3.05) is 7.11 Å². The summed E-state index contributed by atoms with van der Waals surface area (Å²) in [6.07, 6.45) is 0.375. The molecule has 0 saturated carbocycles. The van der Waals surface area contributed by atoms with E-state index < -0.39 is 0 Å². The fourth-order valence-electron chi connectivity index (χ4n) is 2.15. The number of aliphatic hydroxyl groups is 1. The number of hydrogen-bond donors (Lipinski definition) is 3. The number of ketones is 1. The van der Waals surface area contributed by atoms with Crippen LogP contribution in [0.1, 0.15) is 16.1 Å². The average molecular weight is 283 g/mol. The number of nitrogens with one attached hydrogen (secondary N) is 1. The van der Waals surface area contributed by atoms with Gasteiger partial charge in [0.15, 0.2) is 5.78 Å². The number of fused-ring (bicyclic) bond motifs is 1. The summed E-state index contributed by atoms with van der Waals surface area (Å²) in [6.45, 7) is 0. The molecule has 0 saturated heterocycles. The standard InChI is InChI=1S/C16H13NO2.CH4O/c18-13-6-7-14-12(9-13)10-15(17-14)16(19)8-11-4-2-1-3-5-11;1-2/h1-7,9-10,17-18H,8H2;2H,1H3. The number of phenols is 1. The average Bonchev–Trinajstić information content (AvgIpc) is 2.93. The third kappa shape index (κ3) is 3.49. The van der Waals surface area contributed by atoms with Crippen LogP contribution in [0, 0.1) is 0 Å². The Hall–Kier alpha value is -2.59. The van der Waals surface area contributed by atoms with Crippen molar-refractivity contribution >= 4 is 16.7 Å². The molecular weight excluding hydrogens is 266 g/mol. The number of rotatable bonds is 3. The Kier molecular flexibility index (Phi) is 4.74. The van der Waals surface area contributed by atoms with Crippen LogP contribution < -0.4 is 0 Å². The van der Waals surface area contributed by atoms with Gasteiger partial charge >= 0.3 is 0 Å². The molecule has 108 valence electrons. The number of benzene rings is 2. The Morgan fingerprint density at radius 3 is 2.48 bits per heavy atom. The molecule has 3 aromatic rings. The molecule has 0 aliphatic rings.